The van der Waals surface area contributed by atoms with Gasteiger partial charge < -0.3 is 10.4 Å². The molecule has 5 nitrogen and oxygen atoms in total. The number of aromatic nitrogens is 1. The molecule has 1 aromatic heterocycles. The van der Waals surface area contributed by atoms with E-state index >= 15 is 0 Å². The molecule has 1 aliphatic rings. The van der Waals surface area contributed by atoms with Crippen LogP contribution >= 0.6 is 22.9 Å². The number of carboxylic acids is 1. The molecule has 1 heterocycles. The lowest BCUT2D eigenvalue weighted by atomic mass is 9.86. The molecule has 1 amide bonds. The molecule has 0 bridgehead atoms. The van der Waals surface area contributed by atoms with Crippen LogP contribution < -0.4 is 5.32 Å². The Morgan fingerprint density at radius 2 is 1.96 bits per heavy atom. The maximum absolute atomic E-state index is 12.2. The van der Waals surface area contributed by atoms with Crippen molar-refractivity contribution in [3.05, 3.63) is 40.4 Å². The summed E-state index contributed by atoms with van der Waals surface area (Å²) in [4.78, 5) is 27.7. The second-order valence-corrected chi connectivity index (χ2v) is 7.52. The van der Waals surface area contributed by atoms with Gasteiger partial charge in [-0.1, -0.05) is 29.8 Å². The van der Waals surface area contributed by atoms with E-state index < -0.39 is 5.97 Å². The summed E-state index contributed by atoms with van der Waals surface area (Å²) in [5, 5.41) is 15.3. The molecule has 0 unspecified atom stereocenters. The van der Waals surface area contributed by atoms with Gasteiger partial charge in [0.1, 0.15) is 5.01 Å². The van der Waals surface area contributed by atoms with Crippen LogP contribution in [0.3, 0.4) is 0 Å². The largest absolute Gasteiger partial charge is 0.481 e. The van der Waals surface area contributed by atoms with Crippen LogP contribution in [-0.4, -0.2) is 28.0 Å². The molecular formula is C18H19ClN2O3S. The molecule has 0 atom stereocenters. The molecule has 2 aromatic rings. The van der Waals surface area contributed by atoms with E-state index in [2.05, 4.69) is 10.3 Å². The molecular weight excluding hydrogens is 360 g/mol. The molecule has 2 N–H and O–H groups in total. The molecule has 0 aliphatic heterocycles. The predicted octanol–water partition coefficient (Wildman–Crippen LogP) is 3.77. The second kappa shape index (κ2) is 7.97. The number of rotatable bonds is 5. The first kappa shape index (κ1) is 17.9. The third-order valence-electron chi connectivity index (χ3n) is 4.44. The van der Waals surface area contributed by atoms with Gasteiger partial charge in [0.25, 0.3) is 0 Å². The van der Waals surface area contributed by atoms with Crippen molar-refractivity contribution in [1.29, 1.82) is 0 Å². The number of halogens is 1. The van der Waals surface area contributed by atoms with Gasteiger partial charge in [-0.2, -0.15) is 0 Å². The van der Waals surface area contributed by atoms with Crippen LogP contribution in [0.5, 0.6) is 0 Å². The van der Waals surface area contributed by atoms with Crippen LogP contribution in [0, 0.1) is 5.92 Å². The van der Waals surface area contributed by atoms with Gasteiger partial charge in [-0.25, -0.2) is 4.98 Å². The van der Waals surface area contributed by atoms with Gasteiger partial charge in [-0.15, -0.1) is 11.3 Å². The summed E-state index contributed by atoms with van der Waals surface area (Å²) in [6, 6.07) is 7.56. The van der Waals surface area contributed by atoms with E-state index in [9.17, 15) is 9.59 Å². The molecule has 0 radical (unpaired) electrons. The Balaban J connectivity index is 1.54. The van der Waals surface area contributed by atoms with Gasteiger partial charge in [0, 0.05) is 17.0 Å². The summed E-state index contributed by atoms with van der Waals surface area (Å²) in [5.74, 6) is -1.08. The fraction of sp³-hybridized carbons (Fsp3) is 0.389. The van der Waals surface area contributed by atoms with Crippen LogP contribution in [0.15, 0.2) is 29.6 Å². The number of carboxylic acid groups (broad SMARTS) is 1. The average Bonchev–Trinajstić information content (AvgIpc) is 3.03. The lowest BCUT2D eigenvalue weighted by Gasteiger charge is -2.26. The highest BCUT2D eigenvalue weighted by molar-refractivity contribution is 7.13. The predicted molar refractivity (Wildman–Crippen MR) is 97.8 cm³/mol. The zero-order chi connectivity index (χ0) is 17.8. The van der Waals surface area contributed by atoms with E-state index in [1.54, 1.807) is 0 Å². The van der Waals surface area contributed by atoms with Crippen molar-refractivity contribution in [3.8, 4) is 10.6 Å². The van der Waals surface area contributed by atoms with Crippen molar-refractivity contribution in [2.24, 2.45) is 5.92 Å². The van der Waals surface area contributed by atoms with E-state index in [0.717, 1.165) is 16.3 Å². The Labute approximate surface area is 155 Å². The minimum Gasteiger partial charge on any atom is -0.481 e. The standard InChI is InChI=1S/C18H19ClN2O3S/c19-15-4-2-1-3-14(15)17-21-13(10-25-17)9-16(22)20-12-7-5-11(6-8-12)18(23)24/h1-4,10-12H,5-9H2,(H,20,22)(H,23,24). The van der Waals surface area contributed by atoms with Crippen LogP contribution in [0.4, 0.5) is 0 Å². The minimum atomic E-state index is -0.737. The van der Waals surface area contributed by atoms with Crippen LogP contribution in [-0.2, 0) is 16.0 Å². The second-order valence-electron chi connectivity index (χ2n) is 6.25. The zero-order valence-corrected chi connectivity index (χ0v) is 15.1. The number of benzene rings is 1. The van der Waals surface area contributed by atoms with Crippen molar-refractivity contribution >= 4 is 34.8 Å². The van der Waals surface area contributed by atoms with Gasteiger partial charge in [-0.3, -0.25) is 9.59 Å². The van der Waals surface area contributed by atoms with E-state index in [4.69, 9.17) is 16.7 Å². The number of carbonyl (C=O) groups excluding carboxylic acids is 1. The van der Waals surface area contributed by atoms with Crippen molar-refractivity contribution in [2.75, 3.05) is 0 Å². The van der Waals surface area contributed by atoms with Crippen molar-refractivity contribution in [3.63, 3.8) is 0 Å². The highest BCUT2D eigenvalue weighted by Gasteiger charge is 2.26. The smallest absolute Gasteiger partial charge is 0.306 e. The number of hydrogen-bond acceptors (Lipinski definition) is 4. The molecule has 1 fully saturated rings. The Morgan fingerprint density at radius 3 is 2.64 bits per heavy atom. The molecule has 132 valence electrons. The number of amides is 1. The number of carbonyl (C=O) groups is 2. The van der Waals surface area contributed by atoms with Gasteiger partial charge in [0.05, 0.1) is 23.1 Å². The molecule has 1 aliphatic carbocycles. The monoisotopic (exact) mass is 378 g/mol. The number of hydrogen-bond donors (Lipinski definition) is 2. The first-order valence-electron chi connectivity index (χ1n) is 8.24. The van der Waals surface area contributed by atoms with Crippen LogP contribution in [0.25, 0.3) is 10.6 Å². The molecule has 7 heteroatoms. The first-order chi connectivity index (χ1) is 12.0. The fourth-order valence-corrected chi connectivity index (χ4v) is 4.21. The lowest BCUT2D eigenvalue weighted by Crippen LogP contribution is -2.39. The zero-order valence-electron chi connectivity index (χ0n) is 13.6. The SMILES string of the molecule is O=C(Cc1csc(-c2ccccc2Cl)n1)NC1CCC(C(=O)O)CC1. The van der Waals surface area contributed by atoms with Gasteiger partial charge in [-0.05, 0) is 31.7 Å². The van der Waals surface area contributed by atoms with Crippen molar-refractivity contribution < 1.29 is 14.7 Å². The number of nitrogens with zero attached hydrogens (tertiary/aromatic N) is 1. The highest BCUT2D eigenvalue weighted by Crippen LogP contribution is 2.30. The fourth-order valence-electron chi connectivity index (χ4n) is 3.07. The highest BCUT2D eigenvalue weighted by atomic mass is 35.5. The van der Waals surface area contributed by atoms with Crippen LogP contribution in [0.2, 0.25) is 5.02 Å². The van der Waals surface area contributed by atoms with Gasteiger partial charge in [0.2, 0.25) is 5.91 Å². The molecule has 0 spiro atoms. The number of aliphatic carboxylic acids is 1. The quantitative estimate of drug-likeness (QED) is 0.830. The first-order valence-corrected chi connectivity index (χ1v) is 9.50. The summed E-state index contributed by atoms with van der Waals surface area (Å²) in [6.07, 6.45) is 2.89. The third kappa shape index (κ3) is 4.58. The molecule has 25 heavy (non-hydrogen) atoms. The topological polar surface area (TPSA) is 79.3 Å². The summed E-state index contributed by atoms with van der Waals surface area (Å²) >= 11 is 7.65. The van der Waals surface area contributed by atoms with Crippen molar-refractivity contribution in [2.45, 2.75) is 38.1 Å². The normalized spacial score (nSPS) is 20.2. The third-order valence-corrected chi connectivity index (χ3v) is 5.69. The average molecular weight is 379 g/mol. The molecule has 0 saturated heterocycles. The summed E-state index contributed by atoms with van der Waals surface area (Å²) in [5.41, 5.74) is 1.59. The Kier molecular flexibility index (Phi) is 5.71. The maximum Gasteiger partial charge on any atom is 0.306 e. The molecule has 1 aromatic carbocycles. The van der Waals surface area contributed by atoms with E-state index in [1.807, 2.05) is 29.6 Å². The Bertz CT molecular complexity index is 769. The lowest BCUT2D eigenvalue weighted by molar-refractivity contribution is -0.142. The molecule has 1 saturated carbocycles. The van der Waals surface area contributed by atoms with Crippen molar-refractivity contribution in [1.82, 2.24) is 10.3 Å². The summed E-state index contributed by atoms with van der Waals surface area (Å²) in [6.45, 7) is 0. The summed E-state index contributed by atoms with van der Waals surface area (Å²) < 4.78 is 0. The van der Waals surface area contributed by atoms with E-state index in [-0.39, 0.29) is 24.3 Å². The van der Waals surface area contributed by atoms with E-state index in [0.29, 0.717) is 30.7 Å². The number of nitrogens with one attached hydrogen (secondary N) is 1. The number of thiazole rings is 1. The maximum atomic E-state index is 12.2. The van der Waals surface area contributed by atoms with Crippen LogP contribution in [0.1, 0.15) is 31.4 Å². The van der Waals surface area contributed by atoms with Gasteiger partial charge in [0.15, 0.2) is 0 Å². The van der Waals surface area contributed by atoms with E-state index in [1.165, 1.54) is 11.3 Å². The molecule has 3 rings (SSSR count). The Morgan fingerprint density at radius 1 is 1.24 bits per heavy atom. The van der Waals surface area contributed by atoms with Gasteiger partial charge >= 0.3 is 5.97 Å². The minimum absolute atomic E-state index is 0.0600. The summed E-state index contributed by atoms with van der Waals surface area (Å²) in [7, 11) is 0. The Hall–Kier alpha value is -1.92.